The van der Waals surface area contributed by atoms with Gasteiger partial charge in [0.2, 0.25) is 11.9 Å². The van der Waals surface area contributed by atoms with Gasteiger partial charge < -0.3 is 20.1 Å². The van der Waals surface area contributed by atoms with E-state index in [0.717, 1.165) is 29.7 Å². The second-order valence-corrected chi connectivity index (χ2v) is 7.45. The van der Waals surface area contributed by atoms with Crippen molar-refractivity contribution in [3.63, 3.8) is 0 Å². The first kappa shape index (κ1) is 23.9. The molecule has 0 radical (unpaired) electrons. The summed E-state index contributed by atoms with van der Waals surface area (Å²) in [7, 11) is 2.35. The summed E-state index contributed by atoms with van der Waals surface area (Å²) in [6.07, 6.45) is 1.44. The molecule has 0 atom stereocenters. The Morgan fingerprint density at radius 2 is 1.77 bits per heavy atom. The molecule has 0 saturated carbocycles. The number of aliphatic imine (C=N–C) groups is 1. The van der Waals surface area contributed by atoms with E-state index in [9.17, 15) is 14.4 Å². The fourth-order valence-corrected chi connectivity index (χ4v) is 3.58. The number of guanidine groups is 1. The summed E-state index contributed by atoms with van der Waals surface area (Å²) < 4.78 is 9.10. The molecule has 0 saturated heterocycles. The number of hydrogen-bond donors (Lipinski definition) is 3. The first-order chi connectivity index (χ1) is 15.0. The van der Waals surface area contributed by atoms with E-state index < -0.39 is 12.2 Å². The van der Waals surface area contributed by atoms with Gasteiger partial charge in [-0.05, 0) is 18.1 Å². The van der Waals surface area contributed by atoms with Crippen molar-refractivity contribution < 1.29 is 23.9 Å². The van der Waals surface area contributed by atoms with Gasteiger partial charge in [0.05, 0.1) is 19.9 Å². The number of anilines is 2. The van der Waals surface area contributed by atoms with Crippen molar-refractivity contribution in [2.24, 2.45) is 4.99 Å². The fourth-order valence-electron chi connectivity index (χ4n) is 2.55. The van der Waals surface area contributed by atoms with Crippen LogP contribution < -0.4 is 16.0 Å². The Kier molecular flexibility index (Phi) is 9.50. The van der Waals surface area contributed by atoms with Crippen LogP contribution in [-0.2, 0) is 14.3 Å². The normalized spacial score (nSPS) is 10.9. The van der Waals surface area contributed by atoms with Crippen LogP contribution in [0, 0.1) is 0 Å². The molecule has 166 valence electrons. The van der Waals surface area contributed by atoms with Gasteiger partial charge in [0.15, 0.2) is 0 Å². The Hall–Kier alpha value is -3.40. The third-order valence-corrected chi connectivity index (χ3v) is 5.19. The van der Waals surface area contributed by atoms with E-state index in [4.69, 9.17) is 0 Å². The molecule has 1 aromatic heterocycles. The Balaban J connectivity index is 2.33. The number of benzene rings is 1. The highest BCUT2D eigenvalue weighted by Crippen LogP contribution is 2.39. The van der Waals surface area contributed by atoms with Crippen LogP contribution >= 0.6 is 11.3 Å². The summed E-state index contributed by atoms with van der Waals surface area (Å²) in [5, 5.41) is 8.63. The molecule has 0 bridgehead atoms. The van der Waals surface area contributed by atoms with Crippen LogP contribution in [0.25, 0.3) is 10.4 Å². The molecule has 3 N–H and O–H groups in total. The lowest BCUT2D eigenvalue weighted by molar-refractivity contribution is -0.116. The van der Waals surface area contributed by atoms with Gasteiger partial charge in [0.25, 0.3) is 0 Å². The second kappa shape index (κ2) is 12.3. The molecular formula is C21H26N4O5S. The Labute approximate surface area is 184 Å². The summed E-state index contributed by atoms with van der Waals surface area (Å²) in [5.41, 5.74) is 1.42. The molecular weight excluding hydrogens is 420 g/mol. The molecule has 9 nitrogen and oxygen atoms in total. The number of carbonyl (C=O) groups is 3. The van der Waals surface area contributed by atoms with Crippen molar-refractivity contribution in [3.05, 3.63) is 36.4 Å². The van der Waals surface area contributed by atoms with Crippen LogP contribution in [0.4, 0.5) is 20.3 Å². The zero-order valence-corrected chi connectivity index (χ0v) is 18.5. The number of nitrogens with zero attached hydrogens (tertiary/aromatic N) is 1. The van der Waals surface area contributed by atoms with E-state index in [1.54, 1.807) is 6.07 Å². The molecule has 1 aromatic carbocycles. The highest BCUT2D eigenvalue weighted by Gasteiger charge is 2.17. The molecule has 3 amide bonds. The smallest absolute Gasteiger partial charge is 0.436 e. The number of nitrogens with one attached hydrogen (secondary N) is 3. The largest absolute Gasteiger partial charge is 0.453 e. The van der Waals surface area contributed by atoms with Crippen LogP contribution in [0.2, 0.25) is 0 Å². The summed E-state index contributed by atoms with van der Waals surface area (Å²) >= 11 is 1.36. The second-order valence-electron chi connectivity index (χ2n) is 6.40. The van der Waals surface area contributed by atoms with Gasteiger partial charge >= 0.3 is 12.2 Å². The minimum absolute atomic E-state index is 0.120. The van der Waals surface area contributed by atoms with E-state index in [2.05, 4.69) is 37.3 Å². The van der Waals surface area contributed by atoms with E-state index in [1.165, 1.54) is 25.6 Å². The number of unbranched alkanes of at least 4 members (excludes halogenated alkanes) is 2. The third-order valence-electron chi connectivity index (χ3n) is 4.09. The minimum atomic E-state index is -0.914. The number of ether oxygens (including phenoxy) is 2. The minimum Gasteiger partial charge on any atom is -0.453 e. The average Bonchev–Trinajstić information content (AvgIpc) is 3.16. The summed E-state index contributed by atoms with van der Waals surface area (Å²) in [4.78, 5) is 40.2. The van der Waals surface area contributed by atoms with Gasteiger partial charge in [-0.1, -0.05) is 50.1 Å². The standard InChI is InChI=1S/C21H26N4O5S/c1-4-5-7-12-17(26)23-18-15(13-16(31-18)14-10-8-6-9-11-14)22-19(24-20(27)29-2)25-21(28)30-3/h6,8-11,13H,4-5,7,12H2,1-3H3,(H,23,26)(H2,22,24,25,27,28). The predicted octanol–water partition coefficient (Wildman–Crippen LogP) is 4.82. The van der Waals surface area contributed by atoms with Crippen molar-refractivity contribution in [3.8, 4) is 10.4 Å². The lowest BCUT2D eigenvalue weighted by Crippen LogP contribution is -2.36. The monoisotopic (exact) mass is 446 g/mol. The van der Waals surface area contributed by atoms with Crippen LogP contribution in [0.1, 0.15) is 32.6 Å². The number of amides is 3. The predicted molar refractivity (Wildman–Crippen MR) is 122 cm³/mol. The molecule has 0 aliphatic rings. The van der Waals surface area contributed by atoms with Gasteiger partial charge in [-0.2, -0.15) is 0 Å². The van der Waals surface area contributed by atoms with Crippen molar-refractivity contribution in [1.29, 1.82) is 0 Å². The first-order valence-corrected chi connectivity index (χ1v) is 10.6. The highest BCUT2D eigenvalue weighted by atomic mass is 32.1. The van der Waals surface area contributed by atoms with Crippen LogP contribution in [0.15, 0.2) is 41.4 Å². The lowest BCUT2D eigenvalue weighted by Gasteiger charge is -2.11. The zero-order chi connectivity index (χ0) is 22.6. The van der Waals surface area contributed by atoms with Crippen molar-refractivity contribution >= 4 is 46.1 Å². The summed E-state index contributed by atoms with van der Waals surface area (Å²) in [5.74, 6) is -0.317. The molecule has 0 aliphatic carbocycles. The van der Waals surface area contributed by atoms with Gasteiger partial charge in [-0.25, -0.2) is 9.59 Å². The highest BCUT2D eigenvalue weighted by molar-refractivity contribution is 7.20. The number of methoxy groups -OCH3 is 2. The maximum absolute atomic E-state index is 12.4. The molecule has 2 rings (SSSR count). The first-order valence-electron chi connectivity index (χ1n) is 9.74. The van der Waals surface area contributed by atoms with E-state index in [1.807, 2.05) is 30.3 Å². The van der Waals surface area contributed by atoms with E-state index >= 15 is 0 Å². The quantitative estimate of drug-likeness (QED) is 0.319. The summed E-state index contributed by atoms with van der Waals surface area (Å²) in [6.45, 7) is 2.07. The van der Waals surface area contributed by atoms with E-state index in [0.29, 0.717) is 17.1 Å². The molecule has 1 heterocycles. The molecule has 0 unspecified atom stereocenters. The summed E-state index contributed by atoms with van der Waals surface area (Å²) in [6, 6.07) is 11.4. The average molecular weight is 447 g/mol. The van der Waals surface area contributed by atoms with Crippen LogP contribution in [0.5, 0.6) is 0 Å². The number of hydrogen-bond acceptors (Lipinski definition) is 6. The van der Waals surface area contributed by atoms with Gasteiger partial charge in [0, 0.05) is 11.3 Å². The molecule has 2 aromatic rings. The van der Waals surface area contributed by atoms with Gasteiger partial charge in [-0.3, -0.25) is 10.1 Å². The number of alkyl carbamates (subject to hydrolysis) is 1. The molecule has 0 spiro atoms. The topological polar surface area (TPSA) is 118 Å². The maximum atomic E-state index is 12.4. The Morgan fingerprint density at radius 1 is 1.03 bits per heavy atom. The Morgan fingerprint density at radius 3 is 2.42 bits per heavy atom. The van der Waals surface area contributed by atoms with Crippen LogP contribution in [-0.4, -0.2) is 38.3 Å². The van der Waals surface area contributed by atoms with Crippen molar-refractivity contribution in [1.82, 2.24) is 5.32 Å². The molecule has 10 heteroatoms. The van der Waals surface area contributed by atoms with Gasteiger partial charge in [-0.15, -0.1) is 16.3 Å². The van der Waals surface area contributed by atoms with E-state index in [-0.39, 0.29) is 11.9 Å². The van der Waals surface area contributed by atoms with Crippen LogP contribution in [0.3, 0.4) is 0 Å². The number of rotatable bonds is 7. The zero-order valence-electron chi connectivity index (χ0n) is 17.7. The fraction of sp³-hybridized carbons (Fsp3) is 0.333. The number of carbonyl (C=O) groups excluding carboxylic acids is 3. The molecule has 0 aliphatic heterocycles. The SMILES string of the molecule is CCCCCC(=O)Nc1sc(-c2ccccc2)cc1NC(=NC(=O)OC)NC(=O)OC. The van der Waals surface area contributed by atoms with Gasteiger partial charge in [0.1, 0.15) is 5.00 Å². The third kappa shape index (κ3) is 7.74. The lowest BCUT2D eigenvalue weighted by atomic mass is 10.2. The number of thiophene rings is 1. The van der Waals surface area contributed by atoms with Crippen molar-refractivity contribution in [2.45, 2.75) is 32.6 Å². The molecule has 31 heavy (non-hydrogen) atoms. The molecule has 0 fully saturated rings. The maximum Gasteiger partial charge on any atom is 0.436 e. The van der Waals surface area contributed by atoms with Crippen molar-refractivity contribution in [2.75, 3.05) is 24.9 Å². The Bertz CT molecular complexity index is 927.